The number of aryl methyl sites for hydroxylation is 1. The summed E-state index contributed by atoms with van der Waals surface area (Å²) >= 11 is 0. The number of amides is 2. The fourth-order valence-corrected chi connectivity index (χ4v) is 4.70. The lowest BCUT2D eigenvalue weighted by atomic mass is 9.85. The Kier molecular flexibility index (Phi) is 4.85. The van der Waals surface area contributed by atoms with Gasteiger partial charge in [0.15, 0.2) is 5.78 Å². The van der Waals surface area contributed by atoms with Gasteiger partial charge in [0.1, 0.15) is 5.54 Å². The van der Waals surface area contributed by atoms with Crippen molar-refractivity contribution in [2.24, 2.45) is 5.92 Å². The highest BCUT2D eigenvalue weighted by atomic mass is 16.2. The number of hydrogen-bond donors (Lipinski definition) is 1. The van der Waals surface area contributed by atoms with Gasteiger partial charge in [0, 0.05) is 38.3 Å². The first-order valence-corrected chi connectivity index (χ1v) is 10.2. The molecule has 7 heteroatoms. The Morgan fingerprint density at radius 2 is 2.07 bits per heavy atom. The van der Waals surface area contributed by atoms with E-state index in [1.165, 1.54) is 0 Å². The topological polar surface area (TPSA) is 82.6 Å². The van der Waals surface area contributed by atoms with Gasteiger partial charge in [0.05, 0.1) is 18.3 Å². The van der Waals surface area contributed by atoms with Gasteiger partial charge in [0.2, 0.25) is 11.8 Å². The minimum atomic E-state index is -0.784. The number of carbonyl (C=O) groups excluding carboxylic acids is 3. The average Bonchev–Trinajstić information content (AvgIpc) is 3.46. The van der Waals surface area contributed by atoms with Crippen LogP contribution in [0.5, 0.6) is 0 Å². The van der Waals surface area contributed by atoms with Crippen molar-refractivity contribution in [1.82, 2.24) is 15.2 Å². The van der Waals surface area contributed by atoms with Crippen molar-refractivity contribution < 1.29 is 14.4 Å². The normalized spacial score (nSPS) is 27.9. The maximum absolute atomic E-state index is 12.8. The number of aromatic nitrogens is 1. The second-order valence-electron chi connectivity index (χ2n) is 8.50. The minimum Gasteiger partial charge on any atom is -0.364 e. The number of Topliss-reactive ketones (excluding diaryl/α,β-unsaturated/α-hetero) is 1. The molecule has 0 spiro atoms. The Hall–Kier alpha value is -2.44. The molecule has 2 atom stereocenters. The van der Waals surface area contributed by atoms with E-state index in [2.05, 4.69) is 28.2 Å². The first kappa shape index (κ1) is 18.9. The molecule has 7 nitrogen and oxygen atoms in total. The summed E-state index contributed by atoms with van der Waals surface area (Å²) in [5.74, 6) is 0.0583. The lowest BCUT2D eigenvalue weighted by molar-refractivity contribution is -0.133. The molecule has 1 aromatic rings. The largest absolute Gasteiger partial charge is 0.364 e. The second kappa shape index (κ2) is 7.18. The van der Waals surface area contributed by atoms with Crippen LogP contribution in [0.1, 0.15) is 44.6 Å². The molecular formula is C21H28N4O3. The van der Waals surface area contributed by atoms with Crippen LogP contribution < -0.4 is 10.2 Å². The number of nitrogens with zero attached hydrogens (tertiary/aromatic N) is 3. The highest BCUT2D eigenvalue weighted by molar-refractivity contribution is 6.10. The van der Waals surface area contributed by atoms with Crippen LogP contribution in [-0.4, -0.2) is 58.7 Å². The van der Waals surface area contributed by atoms with Crippen LogP contribution >= 0.6 is 0 Å². The SMILES string of the molecule is Cc1cncc(N2CCN(C(=O)CCC3(C4CC4)NC(=O)CC3=O)C[C@@H]2C)c1. The number of ketones is 1. The Balaban J connectivity index is 1.36. The zero-order chi connectivity index (χ0) is 19.9. The van der Waals surface area contributed by atoms with Crippen molar-refractivity contribution in [3.05, 3.63) is 24.0 Å². The molecule has 3 fully saturated rings. The van der Waals surface area contributed by atoms with Crippen molar-refractivity contribution in [2.75, 3.05) is 24.5 Å². The number of carbonyl (C=O) groups is 3. The molecule has 0 aromatic carbocycles. The number of hydrogen-bond acceptors (Lipinski definition) is 5. The molecule has 3 heterocycles. The van der Waals surface area contributed by atoms with Gasteiger partial charge in [-0.2, -0.15) is 0 Å². The van der Waals surface area contributed by atoms with Gasteiger partial charge < -0.3 is 15.1 Å². The smallest absolute Gasteiger partial charge is 0.228 e. The molecule has 1 N–H and O–H groups in total. The summed E-state index contributed by atoms with van der Waals surface area (Å²) < 4.78 is 0. The Labute approximate surface area is 165 Å². The van der Waals surface area contributed by atoms with Crippen molar-refractivity contribution >= 4 is 23.3 Å². The molecule has 150 valence electrons. The van der Waals surface area contributed by atoms with Crippen molar-refractivity contribution in [1.29, 1.82) is 0 Å². The molecule has 28 heavy (non-hydrogen) atoms. The van der Waals surface area contributed by atoms with E-state index in [4.69, 9.17) is 0 Å². The van der Waals surface area contributed by atoms with Crippen LogP contribution in [0.25, 0.3) is 0 Å². The van der Waals surface area contributed by atoms with Gasteiger partial charge in [-0.3, -0.25) is 19.4 Å². The third-order valence-corrected chi connectivity index (χ3v) is 6.36. The van der Waals surface area contributed by atoms with Crippen molar-refractivity contribution in [2.45, 2.75) is 57.5 Å². The molecule has 1 aliphatic carbocycles. The Morgan fingerprint density at radius 1 is 1.29 bits per heavy atom. The first-order chi connectivity index (χ1) is 13.4. The van der Waals surface area contributed by atoms with Crippen LogP contribution in [0.3, 0.4) is 0 Å². The summed E-state index contributed by atoms with van der Waals surface area (Å²) in [5, 5.41) is 2.91. The number of anilines is 1. The monoisotopic (exact) mass is 384 g/mol. The van der Waals surface area contributed by atoms with Gasteiger partial charge >= 0.3 is 0 Å². The third kappa shape index (κ3) is 3.50. The van der Waals surface area contributed by atoms with Crippen molar-refractivity contribution in [3.63, 3.8) is 0 Å². The second-order valence-corrected chi connectivity index (χ2v) is 8.50. The third-order valence-electron chi connectivity index (χ3n) is 6.36. The van der Waals surface area contributed by atoms with Crippen LogP contribution in [0.4, 0.5) is 5.69 Å². The standard InChI is InChI=1S/C21H28N4O3/c1-14-9-17(12-22-11-14)25-8-7-24(13-15(25)2)20(28)5-6-21(16-3-4-16)18(26)10-19(27)23-21/h9,11-12,15-16H,3-8,10,13H2,1-2H3,(H,23,27)/t15-,21?/m0/s1. The maximum Gasteiger partial charge on any atom is 0.228 e. The van der Waals surface area contributed by atoms with Gasteiger partial charge in [-0.1, -0.05) is 0 Å². The summed E-state index contributed by atoms with van der Waals surface area (Å²) in [4.78, 5) is 45.5. The average molecular weight is 384 g/mol. The van der Waals surface area contributed by atoms with E-state index in [-0.39, 0.29) is 36.0 Å². The molecule has 4 rings (SSSR count). The predicted octanol–water partition coefficient (Wildman–Crippen LogP) is 1.45. The lowest BCUT2D eigenvalue weighted by Crippen LogP contribution is -2.54. The van der Waals surface area contributed by atoms with E-state index in [0.717, 1.165) is 30.6 Å². The van der Waals surface area contributed by atoms with Gasteiger partial charge in [-0.15, -0.1) is 0 Å². The van der Waals surface area contributed by atoms with Crippen molar-refractivity contribution in [3.8, 4) is 0 Å². The first-order valence-electron chi connectivity index (χ1n) is 10.2. The van der Waals surface area contributed by atoms with Crippen LogP contribution in [0.2, 0.25) is 0 Å². The number of pyridine rings is 1. The molecule has 2 aliphatic heterocycles. The van der Waals surface area contributed by atoms with E-state index < -0.39 is 5.54 Å². The Morgan fingerprint density at radius 3 is 2.68 bits per heavy atom. The number of piperazine rings is 1. The molecular weight excluding hydrogens is 356 g/mol. The molecule has 0 radical (unpaired) electrons. The minimum absolute atomic E-state index is 0.0297. The Bertz CT molecular complexity index is 807. The van der Waals surface area contributed by atoms with Crippen LogP contribution in [0.15, 0.2) is 18.5 Å². The summed E-state index contributed by atoms with van der Waals surface area (Å²) in [6.45, 7) is 6.23. The van der Waals surface area contributed by atoms with E-state index in [9.17, 15) is 14.4 Å². The molecule has 1 saturated carbocycles. The zero-order valence-corrected chi connectivity index (χ0v) is 16.6. The van der Waals surface area contributed by atoms with E-state index >= 15 is 0 Å². The molecule has 3 aliphatic rings. The summed E-state index contributed by atoms with van der Waals surface area (Å²) in [6.07, 6.45) is 6.33. The van der Waals surface area contributed by atoms with Gasteiger partial charge in [0.25, 0.3) is 0 Å². The summed E-state index contributed by atoms with van der Waals surface area (Å²) in [5.41, 5.74) is 1.43. The number of rotatable bonds is 5. The highest BCUT2D eigenvalue weighted by Gasteiger charge is 2.55. The van der Waals surface area contributed by atoms with Crippen LogP contribution in [0, 0.1) is 12.8 Å². The predicted molar refractivity (Wildman–Crippen MR) is 105 cm³/mol. The highest BCUT2D eigenvalue weighted by Crippen LogP contribution is 2.45. The quantitative estimate of drug-likeness (QED) is 0.777. The fraction of sp³-hybridized carbons (Fsp3) is 0.619. The molecule has 1 unspecified atom stereocenters. The van der Waals surface area contributed by atoms with E-state index in [0.29, 0.717) is 25.9 Å². The van der Waals surface area contributed by atoms with E-state index in [1.54, 1.807) is 0 Å². The van der Waals surface area contributed by atoms with E-state index in [1.807, 2.05) is 24.2 Å². The molecule has 0 bridgehead atoms. The summed E-state index contributed by atoms with van der Waals surface area (Å²) in [6, 6.07) is 2.32. The van der Waals surface area contributed by atoms with Gasteiger partial charge in [-0.05, 0) is 50.7 Å². The van der Waals surface area contributed by atoms with Gasteiger partial charge in [-0.25, -0.2) is 0 Å². The molecule has 2 amide bonds. The molecule has 2 saturated heterocycles. The number of nitrogens with one attached hydrogen (secondary N) is 1. The molecule has 1 aromatic heterocycles. The lowest BCUT2D eigenvalue weighted by Gasteiger charge is -2.41. The summed E-state index contributed by atoms with van der Waals surface area (Å²) in [7, 11) is 0. The fourth-order valence-electron chi connectivity index (χ4n) is 4.70. The zero-order valence-electron chi connectivity index (χ0n) is 16.6. The maximum atomic E-state index is 12.8. The van der Waals surface area contributed by atoms with Crippen LogP contribution in [-0.2, 0) is 14.4 Å².